The first-order valence-electron chi connectivity index (χ1n) is 4.51. The van der Waals surface area contributed by atoms with Gasteiger partial charge in [0.05, 0.1) is 0 Å². The summed E-state index contributed by atoms with van der Waals surface area (Å²) < 4.78 is 0. The van der Waals surface area contributed by atoms with E-state index in [0.717, 1.165) is 0 Å². The highest BCUT2D eigenvalue weighted by Crippen LogP contribution is 2.49. The summed E-state index contributed by atoms with van der Waals surface area (Å²) in [5.74, 6) is 0. The maximum Gasteiger partial charge on any atom is -0.0120 e. The number of hydrogen-bond acceptors (Lipinski definition) is 0. The second-order valence-electron chi connectivity index (χ2n) is 3.41. The monoisotopic (exact) mass is 138 g/mol. The fourth-order valence-electron chi connectivity index (χ4n) is 1.30. The molecule has 1 aliphatic carbocycles. The molecule has 0 spiro atoms. The van der Waals surface area contributed by atoms with Crippen molar-refractivity contribution in [2.45, 2.75) is 46.0 Å². The summed E-state index contributed by atoms with van der Waals surface area (Å²) in [4.78, 5) is 0. The van der Waals surface area contributed by atoms with E-state index in [1.165, 1.54) is 32.1 Å². The van der Waals surface area contributed by atoms with Crippen LogP contribution in [0.4, 0.5) is 0 Å². The third-order valence-electron chi connectivity index (χ3n) is 2.52. The quantitative estimate of drug-likeness (QED) is 0.521. The van der Waals surface area contributed by atoms with E-state index >= 15 is 0 Å². The zero-order chi connectivity index (χ0) is 7.45. The number of rotatable bonds is 4. The molecule has 0 aliphatic heterocycles. The van der Waals surface area contributed by atoms with Crippen LogP contribution in [-0.4, -0.2) is 0 Å². The van der Waals surface area contributed by atoms with Gasteiger partial charge in [0.15, 0.2) is 0 Å². The summed E-state index contributed by atoms with van der Waals surface area (Å²) in [6.07, 6.45) is 11.6. The van der Waals surface area contributed by atoms with Crippen LogP contribution in [0.25, 0.3) is 0 Å². The SMILES string of the molecule is CCCC=CC1(CC)CC1. The molecule has 10 heavy (non-hydrogen) atoms. The second kappa shape index (κ2) is 3.23. The predicted octanol–water partition coefficient (Wildman–Crippen LogP) is 3.53. The van der Waals surface area contributed by atoms with Gasteiger partial charge in [-0.15, -0.1) is 0 Å². The van der Waals surface area contributed by atoms with Crippen molar-refractivity contribution in [1.29, 1.82) is 0 Å². The Morgan fingerprint density at radius 1 is 1.30 bits per heavy atom. The first-order valence-corrected chi connectivity index (χ1v) is 4.51. The normalized spacial score (nSPS) is 21.8. The van der Waals surface area contributed by atoms with E-state index in [9.17, 15) is 0 Å². The van der Waals surface area contributed by atoms with Crippen LogP contribution in [0.2, 0.25) is 0 Å². The molecular formula is C10H18. The third kappa shape index (κ3) is 1.86. The first kappa shape index (κ1) is 7.84. The van der Waals surface area contributed by atoms with E-state index in [1.54, 1.807) is 0 Å². The van der Waals surface area contributed by atoms with Gasteiger partial charge in [-0.3, -0.25) is 0 Å². The Morgan fingerprint density at radius 3 is 2.40 bits per heavy atom. The van der Waals surface area contributed by atoms with Crippen LogP contribution < -0.4 is 0 Å². The summed E-state index contributed by atoms with van der Waals surface area (Å²) in [6, 6.07) is 0. The van der Waals surface area contributed by atoms with E-state index in [0.29, 0.717) is 5.41 Å². The molecule has 1 fully saturated rings. The van der Waals surface area contributed by atoms with Crippen LogP contribution in [0.15, 0.2) is 12.2 Å². The van der Waals surface area contributed by atoms with Gasteiger partial charge >= 0.3 is 0 Å². The highest BCUT2D eigenvalue weighted by Gasteiger charge is 2.37. The summed E-state index contributed by atoms with van der Waals surface area (Å²) >= 11 is 0. The van der Waals surface area contributed by atoms with Gasteiger partial charge in [-0.1, -0.05) is 32.4 Å². The largest absolute Gasteiger partial charge is 0.0880 e. The maximum atomic E-state index is 2.44. The van der Waals surface area contributed by atoms with Crippen molar-refractivity contribution in [3.8, 4) is 0 Å². The van der Waals surface area contributed by atoms with Gasteiger partial charge in [-0.05, 0) is 31.1 Å². The van der Waals surface area contributed by atoms with Gasteiger partial charge in [0.2, 0.25) is 0 Å². The van der Waals surface area contributed by atoms with Crippen LogP contribution in [0.3, 0.4) is 0 Å². The molecule has 0 heteroatoms. The smallest absolute Gasteiger partial charge is 0.0120 e. The van der Waals surface area contributed by atoms with Crippen LogP contribution in [0.5, 0.6) is 0 Å². The predicted molar refractivity (Wildman–Crippen MR) is 46.0 cm³/mol. The van der Waals surface area contributed by atoms with Crippen LogP contribution in [0.1, 0.15) is 46.0 Å². The van der Waals surface area contributed by atoms with Crippen LogP contribution >= 0.6 is 0 Å². The van der Waals surface area contributed by atoms with Crippen LogP contribution in [0, 0.1) is 5.41 Å². The summed E-state index contributed by atoms with van der Waals surface area (Å²) in [7, 11) is 0. The average Bonchev–Trinajstić information content (AvgIpc) is 2.70. The van der Waals surface area contributed by atoms with Gasteiger partial charge in [0.25, 0.3) is 0 Å². The Balaban J connectivity index is 2.23. The number of unbranched alkanes of at least 4 members (excludes halogenated alkanes) is 1. The lowest BCUT2D eigenvalue weighted by Crippen LogP contribution is -1.90. The molecule has 0 aromatic carbocycles. The zero-order valence-corrected chi connectivity index (χ0v) is 7.19. The molecule has 0 atom stereocenters. The maximum absolute atomic E-state index is 2.44. The van der Waals surface area contributed by atoms with Crippen molar-refractivity contribution in [3.63, 3.8) is 0 Å². The standard InChI is InChI=1S/C10H18/c1-3-5-6-7-10(4-2)8-9-10/h6-7H,3-5,8-9H2,1-2H3. The molecule has 0 radical (unpaired) electrons. The van der Waals surface area contributed by atoms with Crippen molar-refractivity contribution < 1.29 is 0 Å². The molecule has 0 bridgehead atoms. The van der Waals surface area contributed by atoms with Gasteiger partial charge in [-0.25, -0.2) is 0 Å². The van der Waals surface area contributed by atoms with E-state index < -0.39 is 0 Å². The third-order valence-corrected chi connectivity index (χ3v) is 2.52. The molecule has 0 N–H and O–H groups in total. The molecule has 0 aromatic heterocycles. The Hall–Kier alpha value is -0.260. The summed E-state index contributed by atoms with van der Waals surface area (Å²) in [5, 5.41) is 0. The Labute approximate surface area is 64.3 Å². The van der Waals surface area contributed by atoms with E-state index in [1.807, 2.05) is 0 Å². The minimum atomic E-state index is 0.662. The Morgan fingerprint density at radius 2 is 2.00 bits per heavy atom. The van der Waals surface area contributed by atoms with Gasteiger partial charge in [0.1, 0.15) is 0 Å². The highest BCUT2D eigenvalue weighted by atomic mass is 14.4. The molecule has 0 heterocycles. The lowest BCUT2D eigenvalue weighted by molar-refractivity contribution is 0.622. The lowest BCUT2D eigenvalue weighted by atomic mass is 10.0. The highest BCUT2D eigenvalue weighted by molar-refractivity contribution is 5.08. The number of allylic oxidation sites excluding steroid dienone is 2. The lowest BCUT2D eigenvalue weighted by Gasteiger charge is -2.02. The molecule has 0 unspecified atom stereocenters. The summed E-state index contributed by atoms with van der Waals surface area (Å²) in [6.45, 7) is 4.53. The van der Waals surface area contributed by atoms with E-state index in [4.69, 9.17) is 0 Å². The Bertz CT molecular complexity index is 118. The zero-order valence-electron chi connectivity index (χ0n) is 7.19. The van der Waals surface area contributed by atoms with Crippen LogP contribution in [-0.2, 0) is 0 Å². The van der Waals surface area contributed by atoms with Crippen molar-refractivity contribution >= 4 is 0 Å². The Kier molecular flexibility index (Phi) is 2.53. The molecule has 0 nitrogen and oxygen atoms in total. The van der Waals surface area contributed by atoms with Gasteiger partial charge in [-0.2, -0.15) is 0 Å². The summed E-state index contributed by atoms with van der Waals surface area (Å²) in [5.41, 5.74) is 0.662. The minimum Gasteiger partial charge on any atom is -0.0880 e. The molecule has 0 amide bonds. The second-order valence-corrected chi connectivity index (χ2v) is 3.41. The van der Waals surface area contributed by atoms with E-state index in [2.05, 4.69) is 26.0 Å². The van der Waals surface area contributed by atoms with Crippen molar-refractivity contribution in [3.05, 3.63) is 12.2 Å². The minimum absolute atomic E-state index is 0.662. The molecule has 58 valence electrons. The molecule has 1 saturated carbocycles. The van der Waals surface area contributed by atoms with E-state index in [-0.39, 0.29) is 0 Å². The van der Waals surface area contributed by atoms with Crippen molar-refractivity contribution in [2.75, 3.05) is 0 Å². The fraction of sp³-hybridized carbons (Fsp3) is 0.800. The van der Waals surface area contributed by atoms with Gasteiger partial charge in [0, 0.05) is 0 Å². The molecule has 1 rings (SSSR count). The molecule has 0 aromatic rings. The van der Waals surface area contributed by atoms with Crippen molar-refractivity contribution in [2.24, 2.45) is 5.41 Å². The molecule has 1 aliphatic rings. The van der Waals surface area contributed by atoms with Crippen molar-refractivity contribution in [1.82, 2.24) is 0 Å². The average molecular weight is 138 g/mol. The topological polar surface area (TPSA) is 0 Å². The fourth-order valence-corrected chi connectivity index (χ4v) is 1.30. The number of hydrogen-bond donors (Lipinski definition) is 0. The molecular weight excluding hydrogens is 120 g/mol. The van der Waals surface area contributed by atoms with Gasteiger partial charge < -0.3 is 0 Å². The molecule has 0 saturated heterocycles. The first-order chi connectivity index (χ1) is 4.83.